The van der Waals surface area contributed by atoms with Gasteiger partial charge in [-0.15, -0.1) is 0 Å². The fourth-order valence-electron chi connectivity index (χ4n) is 3.14. The second kappa shape index (κ2) is 8.11. The molecule has 0 bridgehead atoms. The molecule has 4 heteroatoms. The lowest BCUT2D eigenvalue weighted by Gasteiger charge is -2.33. The molecular formula is C16H24BrNO2. The number of aliphatic hydroxyl groups excluding tert-OH is 1. The minimum Gasteiger partial charge on any atom is -0.390 e. The van der Waals surface area contributed by atoms with E-state index >= 15 is 0 Å². The molecular weight excluding hydrogens is 318 g/mol. The number of ether oxygens (including phenoxy) is 1. The Labute approximate surface area is 129 Å². The van der Waals surface area contributed by atoms with Crippen molar-refractivity contribution in [3.63, 3.8) is 0 Å². The molecule has 2 unspecified atom stereocenters. The SMILES string of the molecule is CCOC(C(O)Cc1cncc(Br)c1)C1CCCCC1. The van der Waals surface area contributed by atoms with E-state index in [-0.39, 0.29) is 6.10 Å². The van der Waals surface area contributed by atoms with Crippen molar-refractivity contribution in [1.29, 1.82) is 0 Å². The van der Waals surface area contributed by atoms with E-state index in [0.29, 0.717) is 18.9 Å². The summed E-state index contributed by atoms with van der Waals surface area (Å²) in [5.74, 6) is 0.499. The molecule has 1 aliphatic carbocycles. The number of rotatable bonds is 6. The van der Waals surface area contributed by atoms with E-state index in [1.165, 1.54) is 32.1 Å². The van der Waals surface area contributed by atoms with Crippen LogP contribution < -0.4 is 0 Å². The van der Waals surface area contributed by atoms with Gasteiger partial charge in [-0.05, 0) is 53.2 Å². The van der Waals surface area contributed by atoms with Crippen molar-refractivity contribution in [1.82, 2.24) is 4.98 Å². The molecule has 1 aromatic rings. The number of nitrogens with zero attached hydrogens (tertiary/aromatic N) is 1. The third-order valence-electron chi connectivity index (χ3n) is 4.06. The van der Waals surface area contributed by atoms with Crippen molar-refractivity contribution in [2.45, 2.75) is 57.7 Å². The van der Waals surface area contributed by atoms with Gasteiger partial charge in [-0.2, -0.15) is 0 Å². The number of pyridine rings is 1. The van der Waals surface area contributed by atoms with Gasteiger partial charge in [0, 0.05) is 29.9 Å². The van der Waals surface area contributed by atoms with Crippen LogP contribution in [0, 0.1) is 5.92 Å². The number of aromatic nitrogens is 1. The standard InChI is InChI=1S/C16H24BrNO2/c1-2-20-16(13-6-4-3-5-7-13)15(19)9-12-8-14(17)11-18-10-12/h8,10-11,13,15-16,19H,2-7,9H2,1H3. The zero-order valence-corrected chi connectivity index (χ0v) is 13.7. The molecule has 1 aromatic heterocycles. The van der Waals surface area contributed by atoms with Crippen molar-refractivity contribution in [3.05, 3.63) is 28.5 Å². The van der Waals surface area contributed by atoms with Gasteiger partial charge >= 0.3 is 0 Å². The summed E-state index contributed by atoms with van der Waals surface area (Å²) in [6, 6.07) is 2.01. The van der Waals surface area contributed by atoms with Gasteiger partial charge < -0.3 is 9.84 Å². The fourth-order valence-corrected chi connectivity index (χ4v) is 3.55. The van der Waals surface area contributed by atoms with Gasteiger partial charge in [0.25, 0.3) is 0 Å². The molecule has 1 N–H and O–H groups in total. The molecule has 0 spiro atoms. The molecule has 0 radical (unpaired) electrons. The van der Waals surface area contributed by atoms with Crippen LogP contribution in [0.25, 0.3) is 0 Å². The van der Waals surface area contributed by atoms with Crippen molar-refractivity contribution < 1.29 is 9.84 Å². The highest BCUT2D eigenvalue weighted by molar-refractivity contribution is 9.10. The van der Waals surface area contributed by atoms with E-state index in [9.17, 15) is 5.11 Å². The molecule has 20 heavy (non-hydrogen) atoms. The fraction of sp³-hybridized carbons (Fsp3) is 0.688. The van der Waals surface area contributed by atoms with Crippen LogP contribution >= 0.6 is 15.9 Å². The quantitative estimate of drug-likeness (QED) is 0.857. The highest BCUT2D eigenvalue weighted by atomic mass is 79.9. The van der Waals surface area contributed by atoms with Gasteiger partial charge in [-0.1, -0.05) is 19.3 Å². The maximum absolute atomic E-state index is 10.6. The lowest BCUT2D eigenvalue weighted by atomic mass is 9.82. The Morgan fingerprint density at radius 2 is 2.10 bits per heavy atom. The number of aliphatic hydroxyl groups is 1. The van der Waals surface area contributed by atoms with E-state index < -0.39 is 6.10 Å². The molecule has 0 saturated heterocycles. The monoisotopic (exact) mass is 341 g/mol. The van der Waals surface area contributed by atoms with E-state index in [1.807, 2.05) is 19.2 Å². The van der Waals surface area contributed by atoms with Crippen molar-refractivity contribution in [2.75, 3.05) is 6.61 Å². The van der Waals surface area contributed by atoms with Crippen molar-refractivity contribution in [3.8, 4) is 0 Å². The van der Waals surface area contributed by atoms with E-state index in [1.54, 1.807) is 6.20 Å². The topological polar surface area (TPSA) is 42.4 Å². The smallest absolute Gasteiger partial charge is 0.0865 e. The zero-order chi connectivity index (χ0) is 14.4. The molecule has 0 aromatic carbocycles. The number of hydrogen-bond donors (Lipinski definition) is 1. The van der Waals surface area contributed by atoms with E-state index in [0.717, 1.165) is 10.0 Å². The highest BCUT2D eigenvalue weighted by Crippen LogP contribution is 2.30. The van der Waals surface area contributed by atoms with E-state index in [4.69, 9.17) is 4.74 Å². The van der Waals surface area contributed by atoms with Gasteiger partial charge in [-0.3, -0.25) is 4.98 Å². The summed E-state index contributed by atoms with van der Waals surface area (Å²) < 4.78 is 6.82. The second-order valence-electron chi connectivity index (χ2n) is 5.60. The summed E-state index contributed by atoms with van der Waals surface area (Å²) in [6.07, 6.45) is 9.90. The molecule has 2 atom stereocenters. The molecule has 0 aliphatic heterocycles. The average Bonchev–Trinajstić information content (AvgIpc) is 2.45. The number of halogens is 1. The van der Waals surface area contributed by atoms with Gasteiger partial charge in [0.15, 0.2) is 0 Å². The van der Waals surface area contributed by atoms with Crippen LogP contribution in [0.4, 0.5) is 0 Å². The first-order valence-corrected chi connectivity index (χ1v) is 8.39. The third kappa shape index (κ3) is 4.54. The summed E-state index contributed by atoms with van der Waals surface area (Å²) in [6.45, 7) is 2.66. The Bertz CT molecular complexity index is 407. The van der Waals surface area contributed by atoms with Crippen LogP contribution in [-0.4, -0.2) is 28.9 Å². The van der Waals surface area contributed by atoms with Crippen LogP contribution in [0.2, 0.25) is 0 Å². The first-order chi connectivity index (χ1) is 9.70. The van der Waals surface area contributed by atoms with Crippen LogP contribution in [-0.2, 0) is 11.2 Å². The molecule has 112 valence electrons. The Hall–Kier alpha value is -0.450. The summed E-state index contributed by atoms with van der Waals surface area (Å²) in [5, 5.41) is 10.6. The van der Waals surface area contributed by atoms with Crippen LogP contribution in [0.1, 0.15) is 44.6 Å². The Balaban J connectivity index is 2.00. The van der Waals surface area contributed by atoms with Gasteiger partial charge in [0.1, 0.15) is 0 Å². The highest BCUT2D eigenvalue weighted by Gasteiger charge is 2.30. The maximum Gasteiger partial charge on any atom is 0.0865 e. The predicted octanol–water partition coefficient (Wildman–Crippen LogP) is 3.73. The third-order valence-corrected chi connectivity index (χ3v) is 4.49. The van der Waals surface area contributed by atoms with E-state index in [2.05, 4.69) is 20.9 Å². The van der Waals surface area contributed by atoms with Gasteiger partial charge in [-0.25, -0.2) is 0 Å². The Kier molecular flexibility index (Phi) is 6.46. The zero-order valence-electron chi connectivity index (χ0n) is 12.1. The summed E-state index contributed by atoms with van der Waals surface area (Å²) in [5.41, 5.74) is 1.05. The molecule has 1 fully saturated rings. The minimum atomic E-state index is -0.450. The lowest BCUT2D eigenvalue weighted by Crippen LogP contribution is -2.38. The van der Waals surface area contributed by atoms with Gasteiger partial charge in [0.05, 0.1) is 12.2 Å². The molecule has 1 heterocycles. The van der Waals surface area contributed by atoms with Crippen LogP contribution in [0.5, 0.6) is 0 Å². The van der Waals surface area contributed by atoms with Gasteiger partial charge in [0.2, 0.25) is 0 Å². The maximum atomic E-state index is 10.6. The van der Waals surface area contributed by atoms with Crippen LogP contribution in [0.3, 0.4) is 0 Å². The molecule has 2 rings (SSSR count). The van der Waals surface area contributed by atoms with Crippen LogP contribution in [0.15, 0.2) is 22.9 Å². The van der Waals surface area contributed by atoms with Crippen molar-refractivity contribution in [2.24, 2.45) is 5.92 Å². The lowest BCUT2D eigenvalue weighted by molar-refractivity contribution is -0.0715. The molecule has 3 nitrogen and oxygen atoms in total. The summed E-state index contributed by atoms with van der Waals surface area (Å²) in [7, 11) is 0. The Morgan fingerprint density at radius 3 is 2.75 bits per heavy atom. The predicted molar refractivity (Wildman–Crippen MR) is 83.6 cm³/mol. The normalized spacial score (nSPS) is 19.8. The van der Waals surface area contributed by atoms with Crippen molar-refractivity contribution >= 4 is 15.9 Å². The second-order valence-corrected chi connectivity index (χ2v) is 6.52. The first kappa shape index (κ1) is 15.9. The summed E-state index contributed by atoms with van der Waals surface area (Å²) >= 11 is 3.42. The number of hydrogen-bond acceptors (Lipinski definition) is 3. The molecule has 0 amide bonds. The molecule has 1 saturated carbocycles. The largest absolute Gasteiger partial charge is 0.390 e. The first-order valence-electron chi connectivity index (χ1n) is 7.59. The average molecular weight is 342 g/mol. The minimum absolute atomic E-state index is 0.0423. The summed E-state index contributed by atoms with van der Waals surface area (Å²) in [4.78, 5) is 4.16. The molecule has 1 aliphatic rings. The Morgan fingerprint density at radius 1 is 1.35 bits per heavy atom.